The number of fused-ring (bicyclic) bond motifs is 1. The Bertz CT molecular complexity index is 1280. The molecule has 0 saturated carbocycles. The summed E-state index contributed by atoms with van der Waals surface area (Å²) in [6.45, 7) is 0. The van der Waals surface area contributed by atoms with E-state index in [-0.39, 0.29) is 11.0 Å². The Morgan fingerprint density at radius 2 is 1.73 bits per heavy atom. The molecule has 5 nitrogen and oxygen atoms in total. The second-order valence-electron chi connectivity index (χ2n) is 6.24. The van der Waals surface area contributed by atoms with Crippen molar-refractivity contribution in [2.75, 3.05) is 5.32 Å². The molecule has 4 aromatic rings. The Hall–Kier alpha value is -2.26. The van der Waals surface area contributed by atoms with Crippen LogP contribution in [0, 0.1) is 0 Å². The number of hydrogen-bond donors (Lipinski definition) is 2. The molecule has 1 heterocycles. The molecule has 0 bridgehead atoms. The van der Waals surface area contributed by atoms with E-state index < -0.39 is 0 Å². The lowest BCUT2D eigenvalue weighted by Crippen LogP contribution is -2.34. The number of amides is 1. The third-order valence-electron chi connectivity index (χ3n) is 4.14. The van der Waals surface area contributed by atoms with Gasteiger partial charge in [0.25, 0.3) is 5.91 Å². The van der Waals surface area contributed by atoms with Gasteiger partial charge in [-0.1, -0.05) is 43.5 Å². The summed E-state index contributed by atoms with van der Waals surface area (Å²) in [4.78, 5) is 16.8. The van der Waals surface area contributed by atoms with Crippen molar-refractivity contribution >= 4 is 83.5 Å². The second-order valence-corrected chi connectivity index (χ2v) is 8.89. The van der Waals surface area contributed by atoms with Crippen LogP contribution in [-0.2, 0) is 0 Å². The van der Waals surface area contributed by atoms with Gasteiger partial charge in [-0.15, -0.1) is 0 Å². The molecule has 0 atom stereocenters. The number of nitrogens with one attached hydrogen (secondary N) is 2. The van der Waals surface area contributed by atoms with Gasteiger partial charge in [-0.3, -0.25) is 10.1 Å². The molecular weight excluding hydrogens is 554 g/mol. The zero-order valence-corrected chi connectivity index (χ0v) is 19.8. The molecule has 0 aliphatic rings. The van der Waals surface area contributed by atoms with E-state index in [0.29, 0.717) is 38.8 Å². The highest BCUT2D eigenvalue weighted by atomic mass is 79.9. The first-order valence-electron chi connectivity index (χ1n) is 8.63. The van der Waals surface area contributed by atoms with E-state index in [2.05, 4.69) is 47.5 Å². The molecule has 3 aromatic carbocycles. The predicted octanol–water partition coefficient (Wildman–Crippen LogP) is 6.80. The third-order valence-corrected chi connectivity index (χ3v) is 5.69. The molecule has 2 N–H and O–H groups in total. The Kier molecular flexibility index (Phi) is 6.19. The van der Waals surface area contributed by atoms with E-state index in [4.69, 9.17) is 28.2 Å². The van der Waals surface area contributed by atoms with Crippen molar-refractivity contribution < 1.29 is 9.21 Å². The van der Waals surface area contributed by atoms with Gasteiger partial charge in [0, 0.05) is 20.2 Å². The number of oxazole rings is 1. The number of carbonyl (C=O) groups excluding carboxylic acids is 1. The van der Waals surface area contributed by atoms with Crippen molar-refractivity contribution in [3.8, 4) is 11.5 Å². The van der Waals surface area contributed by atoms with Crippen LogP contribution in [-0.4, -0.2) is 16.0 Å². The van der Waals surface area contributed by atoms with Crippen LogP contribution >= 0.6 is 55.7 Å². The maximum absolute atomic E-state index is 12.3. The highest BCUT2D eigenvalue weighted by Gasteiger charge is 2.13. The van der Waals surface area contributed by atoms with Crippen LogP contribution < -0.4 is 10.6 Å². The minimum Gasteiger partial charge on any atom is -0.436 e. The monoisotopic (exact) mass is 563 g/mol. The number of benzene rings is 3. The molecule has 1 aromatic heterocycles. The Labute approximate surface area is 199 Å². The van der Waals surface area contributed by atoms with Crippen LogP contribution in [0.25, 0.3) is 22.6 Å². The summed E-state index contributed by atoms with van der Waals surface area (Å²) in [6, 6.07) is 17.8. The van der Waals surface area contributed by atoms with Crippen LogP contribution in [0.2, 0.25) is 5.02 Å². The summed E-state index contributed by atoms with van der Waals surface area (Å²) in [5.74, 6) is 0.119. The number of halogens is 3. The highest BCUT2D eigenvalue weighted by molar-refractivity contribution is 9.10. The minimum atomic E-state index is -0.297. The number of thiocarbonyl (C=S) groups is 1. The first-order valence-corrected chi connectivity index (χ1v) is 11.0. The van der Waals surface area contributed by atoms with Crippen LogP contribution in [0.15, 0.2) is 74.0 Å². The Morgan fingerprint density at radius 1 is 1.00 bits per heavy atom. The summed E-state index contributed by atoms with van der Waals surface area (Å²) in [5.41, 5.74) is 3.10. The molecule has 0 aliphatic heterocycles. The second kappa shape index (κ2) is 8.85. The predicted molar refractivity (Wildman–Crippen MR) is 130 cm³/mol. The van der Waals surface area contributed by atoms with Crippen molar-refractivity contribution in [3.63, 3.8) is 0 Å². The summed E-state index contributed by atoms with van der Waals surface area (Å²) < 4.78 is 7.60. The fraction of sp³-hybridized carbons (Fsp3) is 0. The van der Waals surface area contributed by atoms with Crippen molar-refractivity contribution in [2.24, 2.45) is 0 Å². The molecule has 0 spiro atoms. The maximum atomic E-state index is 12.3. The standard InChI is InChI=1S/C21H12Br2ClN3O2S/c22-12-3-1-11(2-4-12)19(28)27-21(30)25-14-6-8-18-17(10-14)26-20(29-18)15-9-13(23)5-7-16(15)24/h1-10H,(H2,25,27,28,30). The number of hydrogen-bond acceptors (Lipinski definition) is 4. The zero-order valence-electron chi connectivity index (χ0n) is 15.1. The van der Waals surface area contributed by atoms with Gasteiger partial charge in [-0.2, -0.15) is 0 Å². The van der Waals surface area contributed by atoms with Gasteiger partial charge in [0.15, 0.2) is 10.7 Å². The smallest absolute Gasteiger partial charge is 0.257 e. The summed E-state index contributed by atoms with van der Waals surface area (Å²) >= 11 is 18.3. The normalized spacial score (nSPS) is 10.8. The first kappa shape index (κ1) is 21.0. The Morgan fingerprint density at radius 3 is 2.50 bits per heavy atom. The van der Waals surface area contributed by atoms with Gasteiger partial charge >= 0.3 is 0 Å². The molecule has 0 fully saturated rings. The molecular formula is C21H12Br2ClN3O2S. The lowest BCUT2D eigenvalue weighted by molar-refractivity contribution is 0.0977. The van der Waals surface area contributed by atoms with Crippen molar-refractivity contribution in [1.82, 2.24) is 10.3 Å². The third kappa shape index (κ3) is 4.73. The topological polar surface area (TPSA) is 67.2 Å². The van der Waals surface area contributed by atoms with Gasteiger partial charge < -0.3 is 9.73 Å². The quantitative estimate of drug-likeness (QED) is 0.268. The average molecular weight is 566 g/mol. The number of rotatable bonds is 3. The minimum absolute atomic E-state index is 0.182. The van der Waals surface area contributed by atoms with E-state index in [1.165, 1.54) is 0 Å². The van der Waals surface area contributed by atoms with E-state index in [1.807, 2.05) is 12.1 Å². The van der Waals surface area contributed by atoms with Crippen molar-refractivity contribution in [2.45, 2.75) is 0 Å². The first-order chi connectivity index (χ1) is 14.4. The molecule has 150 valence electrons. The van der Waals surface area contributed by atoms with Crippen LogP contribution in [0.5, 0.6) is 0 Å². The molecule has 0 saturated heterocycles. The molecule has 0 unspecified atom stereocenters. The summed E-state index contributed by atoms with van der Waals surface area (Å²) in [6.07, 6.45) is 0. The molecule has 0 radical (unpaired) electrons. The maximum Gasteiger partial charge on any atom is 0.257 e. The van der Waals surface area contributed by atoms with Crippen LogP contribution in [0.1, 0.15) is 10.4 Å². The van der Waals surface area contributed by atoms with Gasteiger partial charge in [0.05, 0.1) is 10.6 Å². The summed E-state index contributed by atoms with van der Waals surface area (Å²) in [7, 11) is 0. The highest BCUT2D eigenvalue weighted by Crippen LogP contribution is 2.32. The van der Waals surface area contributed by atoms with Crippen molar-refractivity contribution in [1.29, 1.82) is 0 Å². The van der Waals surface area contributed by atoms with Crippen molar-refractivity contribution in [3.05, 3.63) is 80.2 Å². The van der Waals surface area contributed by atoms with Gasteiger partial charge in [0.1, 0.15) is 5.52 Å². The number of nitrogens with zero attached hydrogens (tertiary/aromatic N) is 1. The van der Waals surface area contributed by atoms with Crippen LogP contribution in [0.3, 0.4) is 0 Å². The number of aromatic nitrogens is 1. The lowest BCUT2D eigenvalue weighted by atomic mass is 10.2. The molecule has 30 heavy (non-hydrogen) atoms. The molecule has 9 heteroatoms. The van der Waals surface area contributed by atoms with E-state index in [9.17, 15) is 4.79 Å². The molecule has 4 rings (SSSR count). The number of anilines is 1. The van der Waals surface area contributed by atoms with E-state index in [0.717, 1.165) is 8.95 Å². The van der Waals surface area contributed by atoms with Gasteiger partial charge in [-0.25, -0.2) is 4.98 Å². The van der Waals surface area contributed by atoms with E-state index >= 15 is 0 Å². The number of carbonyl (C=O) groups is 1. The fourth-order valence-corrected chi connectivity index (χ4v) is 3.76. The Balaban J connectivity index is 1.51. The van der Waals surface area contributed by atoms with Crippen LogP contribution in [0.4, 0.5) is 5.69 Å². The fourth-order valence-electron chi connectivity index (χ4n) is 2.72. The van der Waals surface area contributed by atoms with Gasteiger partial charge in [0.2, 0.25) is 5.89 Å². The SMILES string of the molecule is O=C(NC(=S)Nc1ccc2oc(-c3cc(Br)ccc3Cl)nc2c1)c1ccc(Br)cc1. The van der Waals surface area contributed by atoms with E-state index in [1.54, 1.807) is 48.5 Å². The molecule has 1 amide bonds. The van der Waals surface area contributed by atoms with Gasteiger partial charge in [-0.05, 0) is 72.9 Å². The zero-order chi connectivity index (χ0) is 21.3. The lowest BCUT2D eigenvalue weighted by Gasteiger charge is -2.09. The summed E-state index contributed by atoms with van der Waals surface area (Å²) in [5, 5.41) is 6.37. The largest absolute Gasteiger partial charge is 0.436 e. The average Bonchev–Trinajstić information content (AvgIpc) is 3.13. The molecule has 0 aliphatic carbocycles.